The number of thioether (sulfide) groups is 1. The van der Waals surface area contributed by atoms with Gasteiger partial charge in [-0.1, -0.05) is 54.2 Å². The summed E-state index contributed by atoms with van der Waals surface area (Å²) in [6, 6.07) is 17.5. The normalized spacial score (nSPS) is 19.7. The second-order valence-electron chi connectivity index (χ2n) is 4.99. The third-order valence-electron chi connectivity index (χ3n) is 3.43. The fourth-order valence-electron chi connectivity index (χ4n) is 2.33. The van der Waals surface area contributed by atoms with Crippen molar-refractivity contribution in [2.75, 3.05) is 12.3 Å². The van der Waals surface area contributed by atoms with Crippen LogP contribution in [-0.4, -0.2) is 17.5 Å². The Labute approximate surface area is 128 Å². The van der Waals surface area contributed by atoms with Gasteiger partial charge < -0.3 is 5.32 Å². The number of aliphatic imine (C=N–C) groups is 1. The fraction of sp³-hybridized carbons (Fsp3) is 0.235. The zero-order valence-corrected chi connectivity index (χ0v) is 12.4. The number of rotatable bonds is 4. The second kappa shape index (κ2) is 6.76. The smallest absolute Gasteiger partial charge is 0.157 e. The molecule has 1 fully saturated rings. The van der Waals surface area contributed by atoms with Crippen LogP contribution in [0.4, 0.5) is 4.39 Å². The lowest BCUT2D eigenvalue weighted by Gasteiger charge is -2.09. The number of amidine groups is 1. The van der Waals surface area contributed by atoms with Crippen molar-refractivity contribution in [2.45, 2.75) is 12.5 Å². The Hall–Kier alpha value is -1.81. The fourth-order valence-corrected chi connectivity index (χ4v) is 3.34. The molecule has 1 saturated heterocycles. The molecule has 21 heavy (non-hydrogen) atoms. The summed E-state index contributed by atoms with van der Waals surface area (Å²) in [7, 11) is 0. The van der Waals surface area contributed by atoms with Crippen LogP contribution in [0.25, 0.3) is 0 Å². The lowest BCUT2D eigenvalue weighted by Crippen LogP contribution is -2.19. The monoisotopic (exact) mass is 300 g/mol. The Morgan fingerprint density at radius 3 is 2.81 bits per heavy atom. The maximum Gasteiger partial charge on any atom is 0.157 e. The van der Waals surface area contributed by atoms with Crippen LogP contribution in [0.15, 0.2) is 59.6 Å². The molecule has 1 N–H and O–H groups in total. The van der Waals surface area contributed by atoms with E-state index in [1.807, 2.05) is 12.1 Å². The molecule has 3 rings (SSSR count). The van der Waals surface area contributed by atoms with E-state index in [1.54, 1.807) is 23.9 Å². The number of nitrogens with zero attached hydrogens (tertiary/aromatic N) is 1. The average Bonchev–Trinajstić information content (AvgIpc) is 2.97. The van der Waals surface area contributed by atoms with Gasteiger partial charge in [0.2, 0.25) is 0 Å². The first-order valence-electron chi connectivity index (χ1n) is 7.04. The standard InChI is InChI=1S/C17H17FN2S/c18-15-8-4-5-13(11-15)9-10-19-17-20-16(12-21-17)14-6-2-1-3-7-14/h1-8,11,16H,9-10,12H2,(H,19,20). The first-order chi connectivity index (χ1) is 10.3. The van der Waals surface area contributed by atoms with Crippen LogP contribution in [0.2, 0.25) is 0 Å². The summed E-state index contributed by atoms with van der Waals surface area (Å²) < 4.78 is 13.1. The molecule has 4 heteroatoms. The second-order valence-corrected chi connectivity index (χ2v) is 5.99. The Morgan fingerprint density at radius 1 is 1.14 bits per heavy atom. The minimum absolute atomic E-state index is 0.183. The van der Waals surface area contributed by atoms with E-state index in [0.29, 0.717) is 12.6 Å². The molecule has 0 spiro atoms. The lowest BCUT2D eigenvalue weighted by atomic mass is 10.1. The van der Waals surface area contributed by atoms with Gasteiger partial charge in [0, 0.05) is 12.3 Å². The van der Waals surface area contributed by atoms with E-state index in [1.165, 1.54) is 11.6 Å². The van der Waals surface area contributed by atoms with Crippen molar-refractivity contribution in [1.82, 2.24) is 5.32 Å². The van der Waals surface area contributed by atoms with Gasteiger partial charge in [0.15, 0.2) is 5.17 Å². The van der Waals surface area contributed by atoms with E-state index < -0.39 is 0 Å². The summed E-state index contributed by atoms with van der Waals surface area (Å²) in [4.78, 5) is 4.57. The highest BCUT2D eigenvalue weighted by Crippen LogP contribution is 2.25. The Morgan fingerprint density at radius 2 is 2.00 bits per heavy atom. The van der Waals surface area contributed by atoms with Crippen LogP contribution in [0, 0.1) is 5.82 Å². The van der Waals surface area contributed by atoms with Gasteiger partial charge in [0.1, 0.15) is 5.82 Å². The highest BCUT2D eigenvalue weighted by molar-refractivity contribution is 8.14. The van der Waals surface area contributed by atoms with E-state index in [0.717, 1.165) is 22.9 Å². The summed E-state index contributed by atoms with van der Waals surface area (Å²) in [5.41, 5.74) is 2.28. The molecule has 108 valence electrons. The quantitative estimate of drug-likeness (QED) is 0.928. The number of halogens is 1. The molecule has 2 aromatic rings. The Balaban J connectivity index is 1.54. The van der Waals surface area contributed by atoms with Gasteiger partial charge in [0.25, 0.3) is 0 Å². The lowest BCUT2D eigenvalue weighted by molar-refractivity contribution is 0.625. The number of nitrogens with one attached hydrogen (secondary N) is 1. The molecule has 1 aliphatic rings. The molecule has 1 unspecified atom stereocenters. The third kappa shape index (κ3) is 3.85. The number of benzene rings is 2. The topological polar surface area (TPSA) is 24.4 Å². The molecule has 0 aliphatic carbocycles. The Kier molecular flexibility index (Phi) is 4.55. The van der Waals surface area contributed by atoms with Crippen molar-refractivity contribution < 1.29 is 4.39 Å². The van der Waals surface area contributed by atoms with E-state index in [-0.39, 0.29) is 5.82 Å². The molecule has 1 heterocycles. The van der Waals surface area contributed by atoms with Gasteiger partial charge in [-0.3, -0.25) is 4.99 Å². The summed E-state index contributed by atoms with van der Waals surface area (Å²) >= 11 is 1.75. The summed E-state index contributed by atoms with van der Waals surface area (Å²) in [5, 5.41) is 4.43. The molecule has 0 bridgehead atoms. The van der Waals surface area contributed by atoms with Gasteiger partial charge >= 0.3 is 0 Å². The van der Waals surface area contributed by atoms with Crippen LogP contribution in [0.3, 0.4) is 0 Å². The molecule has 1 atom stereocenters. The molecule has 0 amide bonds. The molecule has 1 aliphatic heterocycles. The average molecular weight is 300 g/mol. The minimum Gasteiger partial charge on any atom is -0.357 e. The highest BCUT2D eigenvalue weighted by atomic mass is 32.2. The van der Waals surface area contributed by atoms with Crippen LogP contribution in [0.1, 0.15) is 17.2 Å². The highest BCUT2D eigenvalue weighted by Gasteiger charge is 2.21. The maximum atomic E-state index is 13.1. The van der Waals surface area contributed by atoms with Crippen molar-refractivity contribution in [1.29, 1.82) is 0 Å². The zero-order chi connectivity index (χ0) is 14.5. The van der Waals surface area contributed by atoms with Crippen molar-refractivity contribution >= 4 is 16.9 Å². The van der Waals surface area contributed by atoms with Crippen molar-refractivity contribution in [3.8, 4) is 0 Å². The molecule has 2 aromatic carbocycles. The summed E-state index contributed by atoms with van der Waals surface area (Å²) in [5.74, 6) is 0.820. The van der Waals surface area contributed by atoms with Crippen LogP contribution >= 0.6 is 11.8 Å². The van der Waals surface area contributed by atoms with Gasteiger partial charge in [0.05, 0.1) is 6.04 Å². The minimum atomic E-state index is -0.183. The summed E-state index contributed by atoms with van der Waals surface area (Å²) in [6.07, 6.45) is 0.763. The predicted molar refractivity (Wildman–Crippen MR) is 87.2 cm³/mol. The number of hydrogen-bond donors (Lipinski definition) is 1. The third-order valence-corrected chi connectivity index (χ3v) is 4.45. The molecular formula is C17H17FN2S. The zero-order valence-electron chi connectivity index (χ0n) is 11.6. The van der Waals surface area contributed by atoms with Gasteiger partial charge in [-0.25, -0.2) is 4.39 Å². The van der Waals surface area contributed by atoms with Gasteiger partial charge in [-0.2, -0.15) is 0 Å². The van der Waals surface area contributed by atoms with E-state index >= 15 is 0 Å². The first-order valence-corrected chi connectivity index (χ1v) is 8.03. The van der Waals surface area contributed by atoms with Crippen LogP contribution in [-0.2, 0) is 6.42 Å². The van der Waals surface area contributed by atoms with Gasteiger partial charge in [-0.15, -0.1) is 0 Å². The molecular weight excluding hydrogens is 283 g/mol. The maximum absolute atomic E-state index is 13.1. The molecule has 2 nitrogen and oxygen atoms in total. The molecule has 0 saturated carbocycles. The van der Waals surface area contributed by atoms with Gasteiger partial charge in [-0.05, 0) is 29.7 Å². The van der Waals surface area contributed by atoms with E-state index in [4.69, 9.17) is 0 Å². The summed E-state index contributed by atoms with van der Waals surface area (Å²) in [6.45, 7) is 0.681. The first kappa shape index (κ1) is 14.1. The van der Waals surface area contributed by atoms with Crippen molar-refractivity contribution in [3.05, 3.63) is 71.5 Å². The van der Waals surface area contributed by atoms with Crippen LogP contribution < -0.4 is 5.32 Å². The Bertz CT molecular complexity index is 628. The van der Waals surface area contributed by atoms with Crippen molar-refractivity contribution in [2.24, 2.45) is 4.99 Å². The van der Waals surface area contributed by atoms with Crippen molar-refractivity contribution in [3.63, 3.8) is 0 Å². The van der Waals surface area contributed by atoms with E-state index in [2.05, 4.69) is 34.6 Å². The largest absolute Gasteiger partial charge is 0.357 e. The molecule has 0 radical (unpaired) electrons. The SMILES string of the molecule is Fc1cccc(CCN=C2NC(c3ccccc3)CS2)c1. The molecule has 0 aromatic heterocycles. The van der Waals surface area contributed by atoms with E-state index in [9.17, 15) is 4.39 Å². The number of hydrogen-bond acceptors (Lipinski definition) is 2. The predicted octanol–water partition coefficient (Wildman–Crippen LogP) is 3.80. The van der Waals surface area contributed by atoms with Crippen LogP contribution in [0.5, 0.6) is 0 Å².